The quantitative estimate of drug-likeness (QED) is 0.234. The number of ether oxygens (including phenoxy) is 1. The van der Waals surface area contributed by atoms with Crippen LogP contribution in [0.4, 0.5) is 16.0 Å². The number of carbonyl (C=O) groups excluding carboxylic acids is 1. The summed E-state index contributed by atoms with van der Waals surface area (Å²) < 4.78 is 19.5. The number of aliphatic hydroxyl groups is 1. The van der Waals surface area contributed by atoms with Crippen molar-refractivity contribution < 1.29 is 19.0 Å². The lowest BCUT2D eigenvalue weighted by Gasteiger charge is -2.27. The largest absolute Gasteiger partial charge is 0.497 e. The number of amides is 1. The van der Waals surface area contributed by atoms with Crippen molar-refractivity contribution in [2.45, 2.75) is 60.4 Å². The first-order valence-corrected chi connectivity index (χ1v) is 14.2. The number of hydrogen-bond donors (Lipinski definition) is 3. The first-order chi connectivity index (χ1) is 20.3. The third kappa shape index (κ3) is 10.7. The summed E-state index contributed by atoms with van der Waals surface area (Å²) in [6, 6.07) is 0.124. The van der Waals surface area contributed by atoms with Crippen LogP contribution in [0, 0.1) is 0 Å². The minimum absolute atomic E-state index is 0.0812. The van der Waals surface area contributed by atoms with E-state index < -0.39 is 11.7 Å². The molecule has 1 aromatic rings. The van der Waals surface area contributed by atoms with E-state index in [1.807, 2.05) is 46.9 Å². The number of aliphatic hydroxyl groups excluding tert-OH is 1. The topological polar surface area (TPSA) is 128 Å². The molecule has 1 amide bonds. The molecule has 11 nitrogen and oxygen atoms in total. The molecule has 0 spiro atoms. The number of nitrogens with zero attached hydrogens (tertiary/aromatic N) is 6. The van der Waals surface area contributed by atoms with Gasteiger partial charge in [-0.05, 0) is 52.3 Å². The molecule has 1 atom stereocenters. The van der Waals surface area contributed by atoms with E-state index in [2.05, 4.69) is 42.5 Å². The Labute approximate surface area is 248 Å². The second-order valence-corrected chi connectivity index (χ2v) is 9.04. The lowest BCUT2D eigenvalue weighted by atomic mass is 10.1. The zero-order valence-corrected chi connectivity index (χ0v) is 25.3. The van der Waals surface area contributed by atoms with Gasteiger partial charge >= 0.3 is 0 Å². The Morgan fingerprint density at radius 3 is 2.76 bits per heavy atom. The second kappa shape index (κ2) is 18.3. The molecule has 2 aliphatic rings. The molecular formula is C30H43FN8O3. The third-order valence-corrected chi connectivity index (χ3v) is 6.10. The lowest BCUT2D eigenvalue weighted by molar-refractivity contribution is -0.113. The maximum absolute atomic E-state index is 13.6. The van der Waals surface area contributed by atoms with Gasteiger partial charge in [-0.25, -0.2) is 24.3 Å². The average Bonchev–Trinajstić information content (AvgIpc) is 3.23. The molecule has 0 saturated heterocycles. The Bertz CT molecular complexity index is 1240. The van der Waals surface area contributed by atoms with Crippen molar-refractivity contribution in [3.63, 3.8) is 0 Å². The van der Waals surface area contributed by atoms with Crippen LogP contribution in [0.25, 0.3) is 0 Å². The summed E-state index contributed by atoms with van der Waals surface area (Å²) in [7, 11) is 0. The van der Waals surface area contributed by atoms with Gasteiger partial charge in [-0.15, -0.1) is 0 Å². The smallest absolute Gasteiger partial charge is 0.254 e. The minimum Gasteiger partial charge on any atom is -0.497 e. The Kier molecular flexibility index (Phi) is 14.8. The number of hydrogen-bond acceptors (Lipinski definition) is 9. The highest BCUT2D eigenvalue weighted by molar-refractivity contribution is 6.05. The second-order valence-electron chi connectivity index (χ2n) is 9.04. The minimum atomic E-state index is -0.494. The Morgan fingerprint density at radius 1 is 1.36 bits per heavy atom. The van der Waals surface area contributed by atoms with Gasteiger partial charge in [0, 0.05) is 18.2 Å². The van der Waals surface area contributed by atoms with Gasteiger partial charge in [0.2, 0.25) is 5.95 Å². The Morgan fingerprint density at radius 2 is 2.10 bits per heavy atom. The molecule has 0 aromatic carbocycles. The van der Waals surface area contributed by atoms with Gasteiger partial charge in [0.1, 0.15) is 29.3 Å². The summed E-state index contributed by atoms with van der Waals surface area (Å²) in [6.07, 6.45) is 15.0. The predicted molar refractivity (Wildman–Crippen MR) is 165 cm³/mol. The van der Waals surface area contributed by atoms with Crippen molar-refractivity contribution in [1.82, 2.24) is 25.3 Å². The number of likely N-dealkylation sites (N-methyl/N-ethyl adjacent to an activating group) is 1. The number of allylic oxidation sites excluding steroid dienone is 7. The highest BCUT2D eigenvalue weighted by Gasteiger charge is 2.18. The van der Waals surface area contributed by atoms with Crippen molar-refractivity contribution in [3.8, 4) is 0 Å². The van der Waals surface area contributed by atoms with E-state index in [4.69, 9.17) is 4.74 Å². The van der Waals surface area contributed by atoms with Gasteiger partial charge in [-0.2, -0.15) is 0 Å². The maximum atomic E-state index is 13.6. The summed E-state index contributed by atoms with van der Waals surface area (Å²) in [6.45, 7) is 14.2. The fourth-order valence-electron chi connectivity index (χ4n) is 3.92. The Balaban J connectivity index is 0.00000301. The van der Waals surface area contributed by atoms with Crippen LogP contribution < -0.4 is 10.7 Å². The van der Waals surface area contributed by atoms with Crippen LogP contribution in [-0.2, 0) is 9.53 Å². The molecule has 3 rings (SSSR count). The van der Waals surface area contributed by atoms with E-state index in [-0.39, 0.29) is 24.2 Å². The van der Waals surface area contributed by atoms with Crippen LogP contribution in [0.5, 0.6) is 0 Å². The molecule has 12 heteroatoms. The van der Waals surface area contributed by atoms with Gasteiger partial charge in [-0.3, -0.25) is 25.4 Å². The zero-order chi connectivity index (χ0) is 30.9. The molecule has 1 aliphatic heterocycles. The summed E-state index contributed by atoms with van der Waals surface area (Å²) in [5, 5.41) is 13.7. The molecule has 0 bridgehead atoms. The number of nitrogens with one attached hydrogen (secondary N) is 2. The van der Waals surface area contributed by atoms with Gasteiger partial charge < -0.3 is 9.84 Å². The van der Waals surface area contributed by atoms with Crippen LogP contribution in [0.2, 0.25) is 0 Å². The van der Waals surface area contributed by atoms with Gasteiger partial charge in [0.05, 0.1) is 31.8 Å². The van der Waals surface area contributed by atoms with Crippen molar-refractivity contribution in [3.05, 3.63) is 71.8 Å². The number of halogens is 1. The highest BCUT2D eigenvalue weighted by Crippen LogP contribution is 2.19. The zero-order valence-electron chi connectivity index (χ0n) is 25.3. The van der Waals surface area contributed by atoms with Crippen LogP contribution >= 0.6 is 0 Å². The number of aromatic nitrogens is 2. The van der Waals surface area contributed by atoms with Gasteiger partial charge in [0.15, 0.2) is 5.84 Å². The van der Waals surface area contributed by atoms with Crippen molar-refractivity contribution in [2.24, 2.45) is 9.98 Å². The molecule has 0 saturated carbocycles. The molecule has 0 radical (unpaired) electrons. The molecule has 1 aromatic heterocycles. The molecule has 3 N–H and O–H groups in total. The van der Waals surface area contributed by atoms with E-state index in [0.717, 1.165) is 19.5 Å². The van der Waals surface area contributed by atoms with Gasteiger partial charge in [0.25, 0.3) is 5.91 Å². The fraction of sp³-hybridized carbons (Fsp3) is 0.433. The van der Waals surface area contributed by atoms with E-state index in [1.165, 1.54) is 30.9 Å². The monoisotopic (exact) mass is 582 g/mol. The van der Waals surface area contributed by atoms with E-state index in [1.54, 1.807) is 17.2 Å². The van der Waals surface area contributed by atoms with E-state index in [0.29, 0.717) is 36.0 Å². The molecular weight excluding hydrogens is 539 g/mol. The molecule has 0 unspecified atom stereocenters. The molecule has 0 fully saturated rings. The Hall–Kier alpha value is -4.16. The highest BCUT2D eigenvalue weighted by atomic mass is 19.1. The lowest BCUT2D eigenvalue weighted by Crippen LogP contribution is -2.38. The van der Waals surface area contributed by atoms with E-state index in [9.17, 15) is 14.3 Å². The van der Waals surface area contributed by atoms with Crippen LogP contribution in [0.15, 0.2) is 81.8 Å². The first kappa shape index (κ1) is 34.0. The molecule has 2 heterocycles. The SMILES string of the molecule is C/C=C1\C(=Nc2cnc(NC(=O)C3=CC(F)=CC=CC3)nc2)N=CNN1/C=C(\C)OCCCN(CC)[C@@H](C)CO.CC. The average molecular weight is 583 g/mol. The number of amidine groups is 1. The predicted octanol–water partition coefficient (Wildman–Crippen LogP) is 4.93. The number of hydrazine groups is 1. The van der Waals surface area contributed by atoms with Crippen LogP contribution in [0.3, 0.4) is 0 Å². The molecule has 228 valence electrons. The van der Waals surface area contributed by atoms with Crippen molar-refractivity contribution >= 4 is 29.7 Å². The maximum Gasteiger partial charge on any atom is 0.254 e. The van der Waals surface area contributed by atoms with Crippen LogP contribution in [-0.4, -0.2) is 75.4 Å². The molecule has 1 aliphatic carbocycles. The summed E-state index contributed by atoms with van der Waals surface area (Å²) in [5.74, 6) is 0.248. The van der Waals surface area contributed by atoms with E-state index >= 15 is 0 Å². The molecule has 42 heavy (non-hydrogen) atoms. The normalized spacial score (nSPS) is 17.6. The number of aliphatic imine (C=N–C) groups is 2. The summed E-state index contributed by atoms with van der Waals surface area (Å²) >= 11 is 0. The summed E-state index contributed by atoms with van der Waals surface area (Å²) in [4.78, 5) is 31.9. The number of anilines is 1. The van der Waals surface area contributed by atoms with Crippen molar-refractivity contribution in [2.75, 3.05) is 31.6 Å². The first-order valence-electron chi connectivity index (χ1n) is 14.2. The summed E-state index contributed by atoms with van der Waals surface area (Å²) in [5.41, 5.74) is 4.46. The standard InChI is InChI=1S/C28H37FN8O3.C2H6/c1-5-25-26(32-19-33-37(25)17-21(4)40-13-9-12-36(6-2)20(3)18-38)34-24-15-30-28(31-16-24)35-27(39)22-10-7-8-11-23(29)14-22;1-2/h5,7-8,11,14-17,19-20,38H,6,9-10,12-13,18H2,1-4H3,(H,32,33,34)(H,30,31,35,39);1-2H3/b21-17+,25-5+;/t20-;/m0./s1. The fourth-order valence-corrected chi connectivity index (χ4v) is 3.92. The van der Waals surface area contributed by atoms with Crippen molar-refractivity contribution in [1.29, 1.82) is 0 Å². The van der Waals surface area contributed by atoms with Crippen LogP contribution in [0.1, 0.15) is 54.4 Å². The van der Waals surface area contributed by atoms with Gasteiger partial charge in [-0.1, -0.05) is 39.0 Å². The number of rotatable bonds is 12. The number of carbonyl (C=O) groups is 1. The third-order valence-electron chi connectivity index (χ3n) is 6.10.